The van der Waals surface area contributed by atoms with Crippen LogP contribution in [-0.4, -0.2) is 43.8 Å². The Morgan fingerprint density at radius 2 is 2.04 bits per heavy atom. The number of likely N-dealkylation sites (tertiary alicyclic amines) is 1. The van der Waals surface area contributed by atoms with E-state index in [1.807, 2.05) is 29.2 Å². The lowest BCUT2D eigenvalue weighted by Gasteiger charge is -2.38. The number of benzene rings is 1. The van der Waals surface area contributed by atoms with Crippen molar-refractivity contribution in [3.05, 3.63) is 29.8 Å². The number of rotatable bonds is 6. The van der Waals surface area contributed by atoms with Crippen LogP contribution in [0.1, 0.15) is 51.6 Å². The summed E-state index contributed by atoms with van der Waals surface area (Å²) in [7, 11) is 3.41. The van der Waals surface area contributed by atoms with Crippen LogP contribution in [0.25, 0.3) is 0 Å². The fourth-order valence-corrected chi connectivity index (χ4v) is 3.57. The van der Waals surface area contributed by atoms with Gasteiger partial charge in [0.1, 0.15) is 5.75 Å². The number of hydrogen-bond donors (Lipinski definition) is 1. The van der Waals surface area contributed by atoms with Gasteiger partial charge in [0.05, 0.1) is 19.3 Å². The molecule has 0 unspecified atom stereocenters. The zero-order chi connectivity index (χ0) is 18.4. The maximum atomic E-state index is 12.9. The van der Waals surface area contributed by atoms with E-state index in [2.05, 4.69) is 26.1 Å². The Bertz CT molecular complexity index is 562. The summed E-state index contributed by atoms with van der Waals surface area (Å²) in [5.74, 6) is 1.28. The summed E-state index contributed by atoms with van der Waals surface area (Å²) in [4.78, 5) is 14.8. The molecule has 0 aromatic heterocycles. The number of piperidine rings is 1. The number of nitrogens with zero attached hydrogens (tertiary/aromatic N) is 1. The molecule has 5 heteroatoms. The van der Waals surface area contributed by atoms with E-state index < -0.39 is 0 Å². The average Bonchev–Trinajstić information content (AvgIpc) is 2.60. The van der Waals surface area contributed by atoms with Gasteiger partial charge in [-0.1, -0.05) is 32.0 Å². The molecule has 2 amide bonds. The molecule has 140 valence electrons. The van der Waals surface area contributed by atoms with Gasteiger partial charge in [0.2, 0.25) is 0 Å². The Hall–Kier alpha value is -1.75. The summed E-state index contributed by atoms with van der Waals surface area (Å²) in [6.45, 7) is 7.15. The predicted octanol–water partition coefficient (Wildman–Crippen LogP) is 3.99. The van der Waals surface area contributed by atoms with E-state index in [-0.39, 0.29) is 24.2 Å². The lowest BCUT2D eigenvalue weighted by atomic mass is 9.96. The highest BCUT2D eigenvalue weighted by Crippen LogP contribution is 2.30. The quantitative estimate of drug-likeness (QED) is 0.845. The Balaban J connectivity index is 2.13. The minimum atomic E-state index is -0.0593. The molecule has 1 aromatic carbocycles. The molecule has 0 spiro atoms. The number of nitrogens with one attached hydrogen (secondary N) is 1. The van der Waals surface area contributed by atoms with E-state index in [0.29, 0.717) is 5.92 Å². The summed E-state index contributed by atoms with van der Waals surface area (Å²) in [5, 5.41) is 3.24. The monoisotopic (exact) mass is 348 g/mol. The fourth-order valence-electron chi connectivity index (χ4n) is 3.57. The number of ether oxygens (including phenoxy) is 2. The summed E-state index contributed by atoms with van der Waals surface area (Å²) in [6, 6.07) is 8.04. The van der Waals surface area contributed by atoms with E-state index in [1.54, 1.807) is 14.2 Å². The Kier molecular flexibility index (Phi) is 7.12. The maximum Gasteiger partial charge on any atom is 0.318 e. The van der Waals surface area contributed by atoms with E-state index in [0.717, 1.165) is 37.1 Å². The number of amides is 2. The second-order valence-electron chi connectivity index (χ2n) is 7.30. The molecule has 1 saturated heterocycles. The molecule has 1 aliphatic heterocycles. The van der Waals surface area contributed by atoms with E-state index in [9.17, 15) is 4.79 Å². The average molecular weight is 348 g/mol. The van der Waals surface area contributed by atoms with Gasteiger partial charge in [-0.05, 0) is 38.2 Å². The van der Waals surface area contributed by atoms with E-state index in [4.69, 9.17) is 9.47 Å². The number of urea groups is 1. The number of para-hydroxylation sites is 1. The largest absolute Gasteiger partial charge is 0.496 e. The van der Waals surface area contributed by atoms with Gasteiger partial charge in [-0.2, -0.15) is 0 Å². The summed E-state index contributed by atoms with van der Waals surface area (Å²) >= 11 is 0. The second-order valence-corrected chi connectivity index (χ2v) is 7.30. The molecule has 3 atom stereocenters. The van der Waals surface area contributed by atoms with Crippen LogP contribution in [0, 0.1) is 5.92 Å². The third-order valence-corrected chi connectivity index (χ3v) is 4.94. The highest BCUT2D eigenvalue weighted by atomic mass is 16.5. The summed E-state index contributed by atoms with van der Waals surface area (Å²) in [6.07, 6.45) is 2.89. The SMILES string of the molecule is COc1ccccc1[C@H](CC(C)C)NC(=O)N1CC[C@H](OC)C[C@@H]1C. The zero-order valence-electron chi connectivity index (χ0n) is 16.1. The van der Waals surface area contributed by atoms with Crippen LogP contribution in [0.4, 0.5) is 4.79 Å². The first-order chi connectivity index (χ1) is 12.0. The smallest absolute Gasteiger partial charge is 0.318 e. The molecule has 2 rings (SSSR count). The minimum Gasteiger partial charge on any atom is -0.496 e. The Morgan fingerprint density at radius 1 is 1.32 bits per heavy atom. The topological polar surface area (TPSA) is 50.8 Å². The molecule has 5 nitrogen and oxygen atoms in total. The van der Waals surface area contributed by atoms with Crippen LogP contribution in [0.3, 0.4) is 0 Å². The third kappa shape index (κ3) is 5.11. The molecule has 0 bridgehead atoms. The van der Waals surface area contributed by atoms with Crippen molar-refractivity contribution in [2.75, 3.05) is 20.8 Å². The predicted molar refractivity (Wildman–Crippen MR) is 99.9 cm³/mol. The second kappa shape index (κ2) is 9.09. The Labute approximate surface area is 151 Å². The fraction of sp³-hybridized carbons (Fsp3) is 0.650. The number of methoxy groups -OCH3 is 2. The molecule has 1 aliphatic rings. The molecular formula is C20H32N2O3. The van der Waals surface area contributed by atoms with E-state index in [1.165, 1.54) is 0 Å². The standard InChI is InChI=1S/C20H32N2O3/c1-14(2)12-18(17-8-6-7-9-19(17)25-5)21-20(23)22-11-10-16(24-4)13-15(22)3/h6-9,14-16,18H,10-13H2,1-5H3,(H,21,23)/t15-,16-,18-/m0/s1. The Morgan fingerprint density at radius 3 is 2.64 bits per heavy atom. The van der Waals surface area contributed by atoms with Gasteiger partial charge in [0.15, 0.2) is 0 Å². The van der Waals surface area contributed by atoms with Crippen molar-refractivity contribution >= 4 is 6.03 Å². The first-order valence-electron chi connectivity index (χ1n) is 9.19. The van der Waals surface area contributed by atoms with Crippen LogP contribution < -0.4 is 10.1 Å². The normalized spacial score (nSPS) is 21.9. The summed E-state index contributed by atoms with van der Waals surface area (Å²) in [5.41, 5.74) is 1.03. The molecule has 1 fully saturated rings. The molecule has 0 aliphatic carbocycles. The van der Waals surface area contributed by atoms with Crippen molar-refractivity contribution in [3.63, 3.8) is 0 Å². The van der Waals surface area contributed by atoms with Crippen LogP contribution >= 0.6 is 0 Å². The van der Waals surface area contributed by atoms with Gasteiger partial charge in [-0.3, -0.25) is 0 Å². The molecule has 0 saturated carbocycles. The minimum absolute atomic E-state index is 0.00129. The van der Waals surface area contributed by atoms with E-state index >= 15 is 0 Å². The molecule has 1 heterocycles. The van der Waals surface area contributed by atoms with Crippen LogP contribution in [0.15, 0.2) is 24.3 Å². The highest BCUT2D eigenvalue weighted by molar-refractivity contribution is 5.75. The number of carbonyl (C=O) groups excluding carboxylic acids is 1. The highest BCUT2D eigenvalue weighted by Gasteiger charge is 2.30. The first-order valence-corrected chi connectivity index (χ1v) is 9.19. The van der Waals surface area contributed by atoms with Crippen molar-refractivity contribution in [2.45, 2.75) is 58.2 Å². The summed E-state index contributed by atoms with van der Waals surface area (Å²) < 4.78 is 11.0. The molecule has 1 N–H and O–H groups in total. The maximum absolute atomic E-state index is 12.9. The van der Waals surface area contributed by atoms with Crippen LogP contribution in [-0.2, 0) is 4.74 Å². The molecular weight excluding hydrogens is 316 g/mol. The zero-order valence-corrected chi connectivity index (χ0v) is 16.1. The first kappa shape index (κ1) is 19.6. The van der Waals surface area contributed by atoms with Crippen molar-refractivity contribution in [1.29, 1.82) is 0 Å². The van der Waals surface area contributed by atoms with Gasteiger partial charge < -0.3 is 19.7 Å². The number of hydrogen-bond acceptors (Lipinski definition) is 3. The van der Waals surface area contributed by atoms with Gasteiger partial charge in [0.25, 0.3) is 0 Å². The van der Waals surface area contributed by atoms with Crippen molar-refractivity contribution < 1.29 is 14.3 Å². The van der Waals surface area contributed by atoms with Gasteiger partial charge in [-0.15, -0.1) is 0 Å². The molecule has 1 aromatic rings. The van der Waals surface area contributed by atoms with Gasteiger partial charge in [0, 0.05) is 25.3 Å². The molecule has 0 radical (unpaired) electrons. The van der Waals surface area contributed by atoms with Crippen molar-refractivity contribution in [3.8, 4) is 5.75 Å². The lowest BCUT2D eigenvalue weighted by molar-refractivity contribution is 0.0288. The van der Waals surface area contributed by atoms with Gasteiger partial charge >= 0.3 is 6.03 Å². The van der Waals surface area contributed by atoms with Crippen molar-refractivity contribution in [2.24, 2.45) is 5.92 Å². The number of carbonyl (C=O) groups is 1. The molecule has 25 heavy (non-hydrogen) atoms. The lowest BCUT2D eigenvalue weighted by Crippen LogP contribution is -2.51. The third-order valence-electron chi connectivity index (χ3n) is 4.94. The van der Waals surface area contributed by atoms with Crippen molar-refractivity contribution in [1.82, 2.24) is 10.2 Å². The van der Waals surface area contributed by atoms with Crippen LogP contribution in [0.2, 0.25) is 0 Å². The van der Waals surface area contributed by atoms with Crippen LogP contribution in [0.5, 0.6) is 5.75 Å². The van der Waals surface area contributed by atoms with Gasteiger partial charge in [-0.25, -0.2) is 4.79 Å².